The van der Waals surface area contributed by atoms with E-state index in [-0.39, 0.29) is 0 Å². The molecule has 0 aromatic carbocycles. The van der Waals surface area contributed by atoms with E-state index in [0.29, 0.717) is 23.4 Å². The molecule has 1 saturated carbocycles. The Labute approximate surface area is 92.8 Å². The third-order valence-corrected chi connectivity index (χ3v) is 2.53. The maximum atomic E-state index is 5.76. The van der Waals surface area contributed by atoms with E-state index in [4.69, 9.17) is 5.73 Å². The van der Waals surface area contributed by atoms with Crippen molar-refractivity contribution in [3.05, 3.63) is 30.2 Å². The van der Waals surface area contributed by atoms with Crippen LogP contribution in [0.25, 0.3) is 11.6 Å². The fourth-order valence-corrected chi connectivity index (χ4v) is 1.59. The molecule has 5 nitrogen and oxygen atoms in total. The molecule has 1 aliphatic carbocycles. The van der Waals surface area contributed by atoms with E-state index in [9.17, 15) is 0 Å². The van der Waals surface area contributed by atoms with Gasteiger partial charge in [-0.2, -0.15) is 0 Å². The summed E-state index contributed by atoms with van der Waals surface area (Å²) in [5.41, 5.74) is 6.76. The smallest absolute Gasteiger partial charge is 0.199 e. The zero-order chi connectivity index (χ0) is 11.0. The van der Waals surface area contributed by atoms with Crippen LogP contribution in [0.1, 0.15) is 24.5 Å². The Morgan fingerprint density at radius 1 is 1.06 bits per heavy atom. The van der Waals surface area contributed by atoms with E-state index in [0.717, 1.165) is 5.69 Å². The Morgan fingerprint density at radius 2 is 1.81 bits per heavy atom. The molecule has 16 heavy (non-hydrogen) atoms. The van der Waals surface area contributed by atoms with E-state index in [2.05, 4.69) is 19.9 Å². The monoisotopic (exact) mass is 213 g/mol. The molecule has 0 saturated heterocycles. The lowest BCUT2D eigenvalue weighted by molar-refractivity contribution is 0.979. The summed E-state index contributed by atoms with van der Waals surface area (Å²) < 4.78 is 0. The third-order valence-electron chi connectivity index (χ3n) is 2.53. The molecule has 0 spiro atoms. The van der Waals surface area contributed by atoms with Gasteiger partial charge in [-0.25, -0.2) is 19.9 Å². The quantitative estimate of drug-likeness (QED) is 0.815. The molecule has 0 atom stereocenters. The number of rotatable bonds is 2. The van der Waals surface area contributed by atoms with Crippen LogP contribution >= 0.6 is 0 Å². The number of hydrogen-bond acceptors (Lipinski definition) is 5. The highest BCUT2D eigenvalue weighted by Crippen LogP contribution is 2.39. The van der Waals surface area contributed by atoms with Crippen LogP contribution in [0, 0.1) is 0 Å². The molecule has 2 heterocycles. The van der Waals surface area contributed by atoms with Crippen molar-refractivity contribution in [1.29, 1.82) is 0 Å². The maximum absolute atomic E-state index is 5.76. The Kier molecular flexibility index (Phi) is 2.02. The van der Waals surface area contributed by atoms with Crippen molar-refractivity contribution in [1.82, 2.24) is 19.9 Å². The Bertz CT molecular complexity index is 507. The Morgan fingerprint density at radius 3 is 2.50 bits per heavy atom. The summed E-state index contributed by atoms with van der Waals surface area (Å²) in [5.74, 6) is 2.08. The van der Waals surface area contributed by atoms with E-state index in [1.807, 2.05) is 6.07 Å². The van der Waals surface area contributed by atoms with Gasteiger partial charge in [0.15, 0.2) is 11.6 Å². The van der Waals surface area contributed by atoms with Gasteiger partial charge >= 0.3 is 0 Å². The molecule has 2 N–H and O–H groups in total. The first-order valence-electron chi connectivity index (χ1n) is 5.25. The number of hydrogen-bond donors (Lipinski definition) is 1. The summed E-state index contributed by atoms with van der Waals surface area (Å²) in [6, 6.07) is 3.60. The van der Waals surface area contributed by atoms with Crippen LogP contribution in [0.5, 0.6) is 0 Å². The summed E-state index contributed by atoms with van der Waals surface area (Å²) in [6.07, 6.45) is 5.72. The molecule has 2 aromatic rings. The van der Waals surface area contributed by atoms with Crippen molar-refractivity contribution in [2.75, 3.05) is 5.73 Å². The van der Waals surface area contributed by atoms with Gasteiger partial charge in [0.2, 0.25) is 0 Å². The predicted molar refractivity (Wildman–Crippen MR) is 59.4 cm³/mol. The SMILES string of the molecule is Nc1cc(C2CC2)nc(-c2ncccn2)n1. The first kappa shape index (κ1) is 9.21. The Hall–Kier alpha value is -2.04. The first-order chi connectivity index (χ1) is 7.83. The largest absolute Gasteiger partial charge is 0.384 e. The van der Waals surface area contributed by atoms with E-state index in [1.54, 1.807) is 18.5 Å². The number of nitrogens with zero attached hydrogens (tertiary/aromatic N) is 4. The van der Waals surface area contributed by atoms with Gasteiger partial charge in [0.25, 0.3) is 0 Å². The standard InChI is InChI=1S/C11H11N5/c12-9-6-8(7-2-3-7)15-11(16-9)10-13-4-1-5-14-10/h1,4-7H,2-3H2,(H2,12,15,16). The lowest BCUT2D eigenvalue weighted by Gasteiger charge is -2.03. The summed E-state index contributed by atoms with van der Waals surface area (Å²) in [5, 5.41) is 0. The molecule has 2 aromatic heterocycles. The van der Waals surface area contributed by atoms with Gasteiger partial charge in [-0.3, -0.25) is 0 Å². The summed E-state index contributed by atoms with van der Waals surface area (Å²) in [4.78, 5) is 16.8. The molecular formula is C11H11N5. The van der Waals surface area contributed by atoms with Crippen molar-refractivity contribution < 1.29 is 0 Å². The van der Waals surface area contributed by atoms with Crippen LogP contribution in [0.2, 0.25) is 0 Å². The van der Waals surface area contributed by atoms with Crippen LogP contribution < -0.4 is 5.73 Å². The zero-order valence-corrected chi connectivity index (χ0v) is 8.67. The van der Waals surface area contributed by atoms with Gasteiger partial charge in [0, 0.05) is 30.1 Å². The van der Waals surface area contributed by atoms with Gasteiger partial charge in [-0.1, -0.05) is 0 Å². The lowest BCUT2D eigenvalue weighted by atomic mass is 10.2. The van der Waals surface area contributed by atoms with Crippen molar-refractivity contribution in [2.45, 2.75) is 18.8 Å². The minimum Gasteiger partial charge on any atom is -0.384 e. The van der Waals surface area contributed by atoms with Gasteiger partial charge in [-0.05, 0) is 18.9 Å². The second-order valence-corrected chi connectivity index (χ2v) is 3.89. The summed E-state index contributed by atoms with van der Waals surface area (Å²) in [7, 11) is 0. The molecule has 0 unspecified atom stereocenters. The molecular weight excluding hydrogens is 202 g/mol. The van der Waals surface area contributed by atoms with Gasteiger partial charge in [0.05, 0.1) is 0 Å². The number of anilines is 1. The summed E-state index contributed by atoms with van der Waals surface area (Å²) >= 11 is 0. The predicted octanol–water partition coefficient (Wildman–Crippen LogP) is 1.39. The van der Waals surface area contributed by atoms with Gasteiger partial charge in [0.1, 0.15) is 5.82 Å². The van der Waals surface area contributed by atoms with Crippen molar-refractivity contribution in [3.63, 3.8) is 0 Å². The fourth-order valence-electron chi connectivity index (χ4n) is 1.59. The van der Waals surface area contributed by atoms with E-state index in [1.165, 1.54) is 12.8 Å². The highest BCUT2D eigenvalue weighted by Gasteiger charge is 2.26. The second kappa shape index (κ2) is 3.52. The average molecular weight is 213 g/mol. The molecule has 0 amide bonds. The van der Waals surface area contributed by atoms with E-state index >= 15 is 0 Å². The molecule has 80 valence electrons. The number of nitrogen functional groups attached to an aromatic ring is 1. The fraction of sp³-hybridized carbons (Fsp3) is 0.273. The Balaban J connectivity index is 2.06. The summed E-state index contributed by atoms with van der Waals surface area (Å²) in [6.45, 7) is 0. The molecule has 3 rings (SSSR count). The molecule has 5 heteroatoms. The normalized spacial score (nSPS) is 15.0. The van der Waals surface area contributed by atoms with Crippen molar-refractivity contribution >= 4 is 5.82 Å². The zero-order valence-electron chi connectivity index (χ0n) is 8.67. The average Bonchev–Trinajstić information content (AvgIpc) is 3.13. The van der Waals surface area contributed by atoms with Gasteiger partial charge in [-0.15, -0.1) is 0 Å². The lowest BCUT2D eigenvalue weighted by Crippen LogP contribution is -2.01. The third kappa shape index (κ3) is 1.71. The molecule has 1 aliphatic rings. The van der Waals surface area contributed by atoms with E-state index < -0.39 is 0 Å². The minimum atomic E-state index is 0.486. The van der Waals surface area contributed by atoms with Crippen LogP contribution in [0.4, 0.5) is 5.82 Å². The van der Waals surface area contributed by atoms with Crippen LogP contribution in [0.3, 0.4) is 0 Å². The minimum absolute atomic E-state index is 0.486. The van der Waals surface area contributed by atoms with Crippen molar-refractivity contribution in [3.8, 4) is 11.6 Å². The highest BCUT2D eigenvalue weighted by molar-refractivity contribution is 5.48. The number of nitrogens with two attached hydrogens (primary N) is 1. The van der Waals surface area contributed by atoms with Gasteiger partial charge < -0.3 is 5.73 Å². The van der Waals surface area contributed by atoms with Crippen molar-refractivity contribution in [2.24, 2.45) is 0 Å². The van der Waals surface area contributed by atoms with Crippen LogP contribution in [0.15, 0.2) is 24.5 Å². The second-order valence-electron chi connectivity index (χ2n) is 3.89. The molecule has 0 aliphatic heterocycles. The molecule has 0 bridgehead atoms. The topological polar surface area (TPSA) is 77.6 Å². The van der Waals surface area contributed by atoms with Crippen LogP contribution in [-0.2, 0) is 0 Å². The maximum Gasteiger partial charge on any atom is 0.199 e. The van der Waals surface area contributed by atoms with Crippen LogP contribution in [-0.4, -0.2) is 19.9 Å². The molecule has 0 radical (unpaired) electrons. The number of aromatic nitrogens is 4. The molecule has 1 fully saturated rings. The first-order valence-corrected chi connectivity index (χ1v) is 5.25. The highest BCUT2D eigenvalue weighted by atomic mass is 15.0.